The minimum absolute atomic E-state index is 0.0962. The van der Waals surface area contributed by atoms with E-state index in [1.54, 1.807) is 6.08 Å². The van der Waals surface area contributed by atoms with Crippen LogP contribution in [0.5, 0.6) is 0 Å². The largest absolute Gasteiger partial charge is 0.333 e. The number of sulfonamides is 1. The summed E-state index contributed by atoms with van der Waals surface area (Å²) in [7, 11) is -1.88. The van der Waals surface area contributed by atoms with E-state index in [1.807, 2.05) is 52.9 Å². The number of nitrogens with one attached hydrogen (secondary N) is 2. The average molecular weight is 394 g/mol. The average Bonchev–Trinajstić information content (AvgIpc) is 2.97. The number of amides is 2. The molecule has 1 heterocycles. The molecule has 0 bridgehead atoms. The van der Waals surface area contributed by atoms with Crippen LogP contribution in [-0.4, -0.2) is 39.0 Å². The maximum atomic E-state index is 12.4. The summed E-state index contributed by atoms with van der Waals surface area (Å²) < 4.78 is 26.6. The number of benzene rings is 1. The highest BCUT2D eigenvalue weighted by atomic mass is 32.2. The Balaban J connectivity index is 2.14. The highest BCUT2D eigenvalue weighted by molar-refractivity contribution is 7.92. The van der Waals surface area contributed by atoms with E-state index in [4.69, 9.17) is 0 Å². The fraction of sp³-hybridized carbons (Fsp3) is 0.550. The van der Waals surface area contributed by atoms with Crippen LogP contribution >= 0.6 is 0 Å². The number of hydrogen-bond acceptors (Lipinski definition) is 4. The molecule has 1 aromatic rings. The molecular formula is C20H31N3O3S. The van der Waals surface area contributed by atoms with E-state index in [0.717, 1.165) is 35.9 Å². The first-order valence-electron chi connectivity index (χ1n) is 9.45. The zero-order valence-corrected chi connectivity index (χ0v) is 17.6. The van der Waals surface area contributed by atoms with Crippen molar-refractivity contribution < 1.29 is 13.2 Å². The van der Waals surface area contributed by atoms with E-state index in [0.29, 0.717) is 5.69 Å². The monoisotopic (exact) mass is 393 g/mol. The minimum Gasteiger partial charge on any atom is -0.307 e. The second-order valence-corrected chi connectivity index (χ2v) is 9.31. The Labute approximate surface area is 163 Å². The van der Waals surface area contributed by atoms with Gasteiger partial charge >= 0.3 is 6.03 Å². The van der Waals surface area contributed by atoms with Crippen LogP contribution in [0.2, 0.25) is 0 Å². The molecule has 150 valence electrons. The van der Waals surface area contributed by atoms with Crippen molar-refractivity contribution in [3.05, 3.63) is 40.8 Å². The molecule has 27 heavy (non-hydrogen) atoms. The van der Waals surface area contributed by atoms with Crippen molar-refractivity contribution in [2.45, 2.75) is 58.4 Å². The van der Waals surface area contributed by atoms with Gasteiger partial charge in [0, 0.05) is 17.1 Å². The van der Waals surface area contributed by atoms with Crippen molar-refractivity contribution in [3.63, 3.8) is 0 Å². The number of hydrogen-bond donors (Lipinski definition) is 2. The lowest BCUT2D eigenvalue weighted by molar-refractivity contribution is 0.256. The van der Waals surface area contributed by atoms with Crippen molar-refractivity contribution in [1.29, 1.82) is 0 Å². The van der Waals surface area contributed by atoms with Crippen molar-refractivity contribution in [3.8, 4) is 0 Å². The van der Waals surface area contributed by atoms with E-state index in [1.165, 1.54) is 0 Å². The number of likely N-dealkylation sites (N-methyl/N-ethyl adjacent to an activating group) is 1. The Morgan fingerprint density at radius 1 is 1.19 bits per heavy atom. The summed E-state index contributed by atoms with van der Waals surface area (Å²) in [6.07, 6.45) is 3.61. The lowest BCUT2D eigenvalue weighted by Crippen LogP contribution is -2.34. The minimum atomic E-state index is -3.85. The van der Waals surface area contributed by atoms with Crippen LogP contribution in [0.4, 0.5) is 10.5 Å². The molecule has 7 heteroatoms. The van der Waals surface area contributed by atoms with Crippen molar-refractivity contribution >= 4 is 21.7 Å². The molecule has 1 fully saturated rings. The molecule has 1 aliphatic heterocycles. The number of para-hydroxylation sites is 1. The van der Waals surface area contributed by atoms with Crippen LogP contribution < -0.4 is 10.0 Å². The summed E-state index contributed by atoms with van der Waals surface area (Å²) in [5.41, 5.74) is 2.66. The van der Waals surface area contributed by atoms with E-state index in [2.05, 4.69) is 14.9 Å². The molecular weight excluding hydrogens is 362 g/mol. The van der Waals surface area contributed by atoms with Gasteiger partial charge in [0.05, 0.1) is 0 Å². The van der Waals surface area contributed by atoms with Gasteiger partial charge in [0.15, 0.2) is 0 Å². The van der Waals surface area contributed by atoms with E-state index in [-0.39, 0.29) is 17.9 Å². The molecule has 1 aromatic carbocycles. The van der Waals surface area contributed by atoms with Crippen LogP contribution in [0.25, 0.3) is 0 Å². The summed E-state index contributed by atoms with van der Waals surface area (Å²) in [5.74, 6) is 0.404. The van der Waals surface area contributed by atoms with Crippen molar-refractivity contribution in [2.75, 3.05) is 18.9 Å². The number of carbonyl (C=O) groups is 1. The summed E-state index contributed by atoms with van der Waals surface area (Å²) in [4.78, 5) is 14.5. The zero-order chi connectivity index (χ0) is 20.2. The van der Waals surface area contributed by atoms with Crippen LogP contribution in [0.3, 0.4) is 0 Å². The molecule has 1 saturated heterocycles. The molecule has 1 unspecified atom stereocenters. The highest BCUT2D eigenvalue weighted by Crippen LogP contribution is 2.32. The van der Waals surface area contributed by atoms with Crippen LogP contribution in [0, 0.1) is 0 Å². The molecule has 0 radical (unpaired) electrons. The summed E-state index contributed by atoms with van der Waals surface area (Å²) >= 11 is 0. The number of anilines is 1. The molecule has 0 spiro atoms. The first kappa shape index (κ1) is 21.4. The Kier molecular flexibility index (Phi) is 7.06. The lowest BCUT2D eigenvalue weighted by atomic mass is 9.93. The van der Waals surface area contributed by atoms with Gasteiger partial charge in [-0.25, -0.2) is 17.9 Å². The Morgan fingerprint density at radius 2 is 1.78 bits per heavy atom. The fourth-order valence-electron chi connectivity index (χ4n) is 3.37. The maximum absolute atomic E-state index is 12.4. The molecule has 2 N–H and O–H groups in total. The van der Waals surface area contributed by atoms with Gasteiger partial charge in [0.1, 0.15) is 0 Å². The smallest absolute Gasteiger partial charge is 0.307 e. The second-order valence-electron chi connectivity index (χ2n) is 7.74. The molecule has 0 saturated carbocycles. The lowest BCUT2D eigenvalue weighted by Gasteiger charge is -2.20. The topological polar surface area (TPSA) is 78.5 Å². The molecule has 2 amide bonds. The third kappa shape index (κ3) is 5.81. The molecule has 6 nitrogen and oxygen atoms in total. The normalized spacial score (nSPS) is 18.6. The molecule has 0 aromatic heterocycles. The van der Waals surface area contributed by atoms with Crippen molar-refractivity contribution in [1.82, 2.24) is 9.62 Å². The quantitative estimate of drug-likeness (QED) is 0.766. The zero-order valence-electron chi connectivity index (χ0n) is 16.8. The predicted octanol–water partition coefficient (Wildman–Crippen LogP) is 3.99. The first-order chi connectivity index (χ1) is 12.6. The van der Waals surface area contributed by atoms with E-state index >= 15 is 0 Å². The predicted molar refractivity (Wildman–Crippen MR) is 110 cm³/mol. The number of urea groups is 1. The van der Waals surface area contributed by atoms with Gasteiger partial charge < -0.3 is 5.32 Å². The summed E-state index contributed by atoms with van der Waals surface area (Å²) in [5, 5.41) is 3.86. The molecule has 0 aliphatic carbocycles. The van der Waals surface area contributed by atoms with Crippen LogP contribution in [-0.2, 0) is 10.0 Å². The number of likely N-dealkylation sites (tertiary alicyclic amines) is 1. The van der Waals surface area contributed by atoms with Gasteiger partial charge in [-0.05, 0) is 49.4 Å². The molecule has 1 aliphatic rings. The van der Waals surface area contributed by atoms with Crippen LogP contribution in [0.1, 0.15) is 63.5 Å². The van der Waals surface area contributed by atoms with Gasteiger partial charge in [-0.3, -0.25) is 4.90 Å². The van der Waals surface area contributed by atoms with Gasteiger partial charge in [-0.15, -0.1) is 0 Å². The maximum Gasteiger partial charge on any atom is 0.333 e. The number of nitrogens with zero attached hydrogens (tertiary/aromatic N) is 1. The van der Waals surface area contributed by atoms with Gasteiger partial charge in [-0.2, -0.15) is 0 Å². The van der Waals surface area contributed by atoms with Crippen LogP contribution in [0.15, 0.2) is 29.7 Å². The standard InChI is InChI=1S/C20H31N3O3S/c1-14(2)17-9-6-10-18(15(3)4)19(17)21-20(24)22-27(25,26)13-11-16-8-7-12-23(16)5/h6,9-11,13-16H,7-8,12H2,1-5H3,(H2,21,22,24). The van der Waals surface area contributed by atoms with E-state index in [9.17, 15) is 13.2 Å². The molecule has 1 atom stereocenters. The fourth-order valence-corrected chi connectivity index (χ4v) is 4.14. The summed E-state index contributed by atoms with van der Waals surface area (Å²) in [6.45, 7) is 9.12. The third-order valence-corrected chi connectivity index (χ3v) is 5.89. The molecule has 2 rings (SSSR count). The van der Waals surface area contributed by atoms with Gasteiger partial charge in [-0.1, -0.05) is 52.0 Å². The number of rotatable bonds is 6. The number of carbonyl (C=O) groups excluding carboxylic acids is 1. The summed E-state index contributed by atoms with van der Waals surface area (Å²) in [6, 6.07) is 5.23. The SMILES string of the molecule is CC(C)c1cccc(C(C)C)c1NC(=O)NS(=O)(=O)C=CC1CCCN1C. The Hall–Kier alpha value is -1.86. The van der Waals surface area contributed by atoms with E-state index < -0.39 is 16.1 Å². The second kappa shape index (κ2) is 8.89. The first-order valence-corrected chi connectivity index (χ1v) is 11.0. The van der Waals surface area contributed by atoms with Crippen molar-refractivity contribution in [2.24, 2.45) is 0 Å². The Morgan fingerprint density at radius 3 is 2.26 bits per heavy atom. The van der Waals surface area contributed by atoms with Gasteiger partial charge in [0.2, 0.25) is 0 Å². The third-order valence-electron chi connectivity index (χ3n) is 4.90. The highest BCUT2D eigenvalue weighted by Gasteiger charge is 2.21. The van der Waals surface area contributed by atoms with Gasteiger partial charge in [0.25, 0.3) is 10.0 Å². The Bertz CT molecular complexity index is 774.